The van der Waals surface area contributed by atoms with Crippen LogP contribution < -0.4 is 10.6 Å². The molecule has 24 heavy (non-hydrogen) atoms. The van der Waals surface area contributed by atoms with Crippen LogP contribution in [0.15, 0.2) is 42.5 Å². The van der Waals surface area contributed by atoms with Crippen molar-refractivity contribution in [2.24, 2.45) is 0 Å². The van der Waals surface area contributed by atoms with Gasteiger partial charge >= 0.3 is 0 Å². The maximum atomic E-state index is 6.25. The van der Waals surface area contributed by atoms with Crippen molar-refractivity contribution in [2.75, 3.05) is 23.7 Å². The fourth-order valence-corrected chi connectivity index (χ4v) is 3.76. The Kier molecular flexibility index (Phi) is 3.81. The Hall–Kier alpha value is -2.26. The number of fused-ring (bicyclic) bond motifs is 1. The van der Waals surface area contributed by atoms with Crippen LogP contribution in [-0.4, -0.2) is 18.1 Å². The number of aromatic nitrogens is 1. The predicted octanol–water partition coefficient (Wildman–Crippen LogP) is 5.05. The average Bonchev–Trinajstić information content (AvgIpc) is 3.07. The predicted molar refractivity (Wildman–Crippen MR) is 103 cm³/mol. The van der Waals surface area contributed by atoms with E-state index in [0.29, 0.717) is 10.8 Å². The Balaban J connectivity index is 1.81. The molecular formula is C20H20ClN3. The summed E-state index contributed by atoms with van der Waals surface area (Å²) in [5.74, 6) is 0.544. The van der Waals surface area contributed by atoms with Gasteiger partial charge in [0.2, 0.25) is 0 Å². The van der Waals surface area contributed by atoms with E-state index in [-0.39, 0.29) is 0 Å². The number of aryl methyl sites for hydroxylation is 1. The summed E-state index contributed by atoms with van der Waals surface area (Å²) in [4.78, 5) is 7.06. The zero-order valence-corrected chi connectivity index (χ0v) is 14.5. The van der Waals surface area contributed by atoms with Gasteiger partial charge in [-0.2, -0.15) is 0 Å². The summed E-state index contributed by atoms with van der Waals surface area (Å²) in [7, 11) is 0. The molecule has 0 amide bonds. The smallest absolute Gasteiger partial charge is 0.131 e. The van der Waals surface area contributed by atoms with Gasteiger partial charge < -0.3 is 10.6 Å². The number of pyridine rings is 1. The molecule has 3 nitrogen and oxygen atoms in total. The largest absolute Gasteiger partial charge is 0.383 e. The van der Waals surface area contributed by atoms with Gasteiger partial charge in [0.15, 0.2) is 0 Å². The van der Waals surface area contributed by atoms with Gasteiger partial charge in [0, 0.05) is 34.7 Å². The third-order valence-corrected chi connectivity index (χ3v) is 4.87. The van der Waals surface area contributed by atoms with E-state index in [0.717, 1.165) is 40.7 Å². The molecule has 4 rings (SSSR count). The molecule has 0 atom stereocenters. The van der Waals surface area contributed by atoms with E-state index >= 15 is 0 Å². The Morgan fingerprint density at radius 3 is 2.58 bits per heavy atom. The Morgan fingerprint density at radius 1 is 1.04 bits per heavy atom. The topological polar surface area (TPSA) is 42.2 Å². The SMILES string of the molecule is Cc1cc(Cl)cc(-c2cc3ccc(N4CCCC4)cc3nc2N)c1. The molecule has 2 N–H and O–H groups in total. The normalized spacial score (nSPS) is 14.5. The Labute approximate surface area is 147 Å². The van der Waals surface area contributed by atoms with E-state index in [1.54, 1.807) is 0 Å². The highest BCUT2D eigenvalue weighted by Crippen LogP contribution is 2.32. The number of nitrogens with zero attached hydrogens (tertiary/aromatic N) is 2. The minimum atomic E-state index is 0.544. The van der Waals surface area contributed by atoms with Crippen LogP contribution in [0.4, 0.5) is 11.5 Å². The number of benzene rings is 2. The number of halogens is 1. The number of rotatable bonds is 2. The fraction of sp³-hybridized carbons (Fsp3) is 0.250. The first kappa shape index (κ1) is 15.3. The zero-order chi connectivity index (χ0) is 16.7. The lowest BCUT2D eigenvalue weighted by atomic mass is 10.0. The quantitative estimate of drug-likeness (QED) is 0.711. The molecular weight excluding hydrogens is 318 g/mol. The van der Waals surface area contributed by atoms with Crippen molar-refractivity contribution in [2.45, 2.75) is 19.8 Å². The zero-order valence-electron chi connectivity index (χ0n) is 13.7. The second-order valence-electron chi connectivity index (χ2n) is 6.51. The molecule has 0 spiro atoms. The molecule has 1 saturated heterocycles. The first-order valence-corrected chi connectivity index (χ1v) is 8.71. The van der Waals surface area contributed by atoms with E-state index < -0.39 is 0 Å². The van der Waals surface area contributed by atoms with E-state index in [4.69, 9.17) is 17.3 Å². The molecule has 0 saturated carbocycles. The maximum Gasteiger partial charge on any atom is 0.131 e. The van der Waals surface area contributed by atoms with Gasteiger partial charge in [-0.15, -0.1) is 0 Å². The lowest BCUT2D eigenvalue weighted by Crippen LogP contribution is -2.17. The van der Waals surface area contributed by atoms with Crippen molar-refractivity contribution in [1.29, 1.82) is 0 Å². The monoisotopic (exact) mass is 337 g/mol. The summed E-state index contributed by atoms with van der Waals surface area (Å²) in [6.45, 7) is 4.28. The lowest BCUT2D eigenvalue weighted by molar-refractivity contribution is 0.949. The van der Waals surface area contributed by atoms with Crippen LogP contribution in [0.2, 0.25) is 5.02 Å². The summed E-state index contributed by atoms with van der Waals surface area (Å²) in [5, 5.41) is 1.81. The standard InChI is InChI=1S/C20H20ClN3/c1-13-8-15(10-16(21)9-13)18-11-14-4-5-17(24-6-2-3-7-24)12-19(14)23-20(18)22/h4-5,8-12H,2-3,6-7H2,1H3,(H2,22,23). The molecule has 122 valence electrons. The molecule has 1 fully saturated rings. The van der Waals surface area contributed by atoms with Gasteiger partial charge in [-0.25, -0.2) is 4.98 Å². The minimum absolute atomic E-state index is 0.544. The van der Waals surface area contributed by atoms with Crippen molar-refractivity contribution in [3.63, 3.8) is 0 Å². The number of hydrogen-bond donors (Lipinski definition) is 1. The Morgan fingerprint density at radius 2 is 1.83 bits per heavy atom. The second-order valence-corrected chi connectivity index (χ2v) is 6.95. The van der Waals surface area contributed by atoms with Crippen molar-refractivity contribution in [3.8, 4) is 11.1 Å². The molecule has 4 heteroatoms. The molecule has 1 aromatic heterocycles. The minimum Gasteiger partial charge on any atom is -0.383 e. The first-order chi connectivity index (χ1) is 11.6. The number of nitrogen functional groups attached to an aromatic ring is 1. The van der Waals surface area contributed by atoms with Gasteiger partial charge in [-0.05, 0) is 61.2 Å². The molecule has 2 heterocycles. The Bertz CT molecular complexity index is 894. The lowest BCUT2D eigenvalue weighted by Gasteiger charge is -2.18. The third-order valence-electron chi connectivity index (χ3n) is 4.66. The van der Waals surface area contributed by atoms with Crippen LogP contribution in [0.5, 0.6) is 0 Å². The van der Waals surface area contributed by atoms with Gasteiger partial charge in [0.1, 0.15) is 5.82 Å². The molecule has 0 radical (unpaired) electrons. The van der Waals surface area contributed by atoms with E-state index in [9.17, 15) is 0 Å². The van der Waals surface area contributed by atoms with Crippen LogP contribution in [0.3, 0.4) is 0 Å². The maximum absolute atomic E-state index is 6.25. The van der Waals surface area contributed by atoms with Gasteiger partial charge in [-0.3, -0.25) is 0 Å². The summed E-state index contributed by atoms with van der Waals surface area (Å²) in [6.07, 6.45) is 2.53. The summed E-state index contributed by atoms with van der Waals surface area (Å²) >= 11 is 6.20. The highest BCUT2D eigenvalue weighted by atomic mass is 35.5. The highest BCUT2D eigenvalue weighted by molar-refractivity contribution is 6.31. The summed E-state index contributed by atoms with van der Waals surface area (Å²) in [5.41, 5.74) is 11.5. The van der Waals surface area contributed by atoms with E-state index in [2.05, 4.69) is 40.2 Å². The van der Waals surface area contributed by atoms with Crippen LogP contribution in [0.25, 0.3) is 22.0 Å². The molecule has 0 bridgehead atoms. The second kappa shape index (κ2) is 5.99. The van der Waals surface area contributed by atoms with Crippen LogP contribution >= 0.6 is 11.6 Å². The fourth-order valence-electron chi connectivity index (χ4n) is 3.47. The third kappa shape index (κ3) is 2.80. The van der Waals surface area contributed by atoms with Crippen LogP contribution in [0.1, 0.15) is 18.4 Å². The molecule has 1 aliphatic heterocycles. The highest BCUT2D eigenvalue weighted by Gasteiger charge is 2.14. The number of anilines is 2. The number of hydrogen-bond acceptors (Lipinski definition) is 3. The number of nitrogens with two attached hydrogens (primary N) is 1. The van der Waals surface area contributed by atoms with E-state index in [1.807, 2.05) is 19.1 Å². The molecule has 2 aromatic carbocycles. The van der Waals surface area contributed by atoms with Gasteiger partial charge in [-0.1, -0.05) is 23.7 Å². The first-order valence-electron chi connectivity index (χ1n) is 8.33. The summed E-state index contributed by atoms with van der Waals surface area (Å²) in [6, 6.07) is 14.5. The van der Waals surface area contributed by atoms with Gasteiger partial charge in [0.05, 0.1) is 5.52 Å². The molecule has 0 aliphatic carbocycles. The molecule has 1 aliphatic rings. The van der Waals surface area contributed by atoms with Crippen molar-refractivity contribution < 1.29 is 0 Å². The molecule has 3 aromatic rings. The van der Waals surface area contributed by atoms with Crippen molar-refractivity contribution in [1.82, 2.24) is 4.98 Å². The van der Waals surface area contributed by atoms with Crippen LogP contribution in [0, 0.1) is 6.92 Å². The van der Waals surface area contributed by atoms with Gasteiger partial charge in [0.25, 0.3) is 0 Å². The summed E-state index contributed by atoms with van der Waals surface area (Å²) < 4.78 is 0. The van der Waals surface area contributed by atoms with E-state index in [1.165, 1.54) is 18.5 Å². The van der Waals surface area contributed by atoms with Crippen molar-refractivity contribution in [3.05, 3.63) is 53.1 Å². The van der Waals surface area contributed by atoms with Crippen molar-refractivity contribution >= 4 is 34.0 Å². The molecule has 0 unspecified atom stereocenters. The average molecular weight is 338 g/mol. The van der Waals surface area contributed by atoms with Crippen LogP contribution in [-0.2, 0) is 0 Å².